The first-order chi connectivity index (χ1) is 11.6. The molecule has 0 atom stereocenters. The molecule has 1 heterocycles. The number of nitrogens with zero attached hydrogens (tertiary/aromatic N) is 2. The van der Waals surface area contributed by atoms with Crippen molar-refractivity contribution in [2.75, 3.05) is 11.9 Å². The lowest BCUT2D eigenvalue weighted by Gasteiger charge is -2.06. The van der Waals surface area contributed by atoms with E-state index < -0.39 is 5.91 Å². The van der Waals surface area contributed by atoms with Gasteiger partial charge in [-0.25, -0.2) is 0 Å². The van der Waals surface area contributed by atoms with Crippen LogP contribution in [-0.4, -0.2) is 22.5 Å². The zero-order valence-corrected chi connectivity index (χ0v) is 13.3. The summed E-state index contributed by atoms with van der Waals surface area (Å²) in [6.07, 6.45) is 3.60. The standard InChI is InChI=1S/C18H18N4O2/c1-13-2-5-16(12-21-13)22-11-15(10-19)18(24)20-9-8-14-3-6-17(23)7-4-14/h2-7,11-12,22-23H,8-9H2,1H3,(H,20,24)/b15-11-. The van der Waals surface area contributed by atoms with Crippen molar-refractivity contribution in [3.8, 4) is 11.8 Å². The minimum absolute atomic E-state index is 0.0127. The molecule has 6 nitrogen and oxygen atoms in total. The van der Waals surface area contributed by atoms with E-state index in [0.29, 0.717) is 18.7 Å². The molecular formula is C18H18N4O2. The summed E-state index contributed by atoms with van der Waals surface area (Å²) >= 11 is 0. The summed E-state index contributed by atoms with van der Waals surface area (Å²) in [6, 6.07) is 12.3. The Morgan fingerprint density at radius 2 is 2.04 bits per heavy atom. The number of carbonyl (C=O) groups excluding carboxylic acids is 1. The van der Waals surface area contributed by atoms with Crippen molar-refractivity contribution in [1.82, 2.24) is 10.3 Å². The number of aromatic nitrogens is 1. The Labute approximate surface area is 140 Å². The number of anilines is 1. The van der Waals surface area contributed by atoms with Crippen LogP contribution in [0.4, 0.5) is 5.69 Å². The maximum atomic E-state index is 12.0. The van der Waals surface area contributed by atoms with Gasteiger partial charge in [0, 0.05) is 18.4 Å². The Hall–Kier alpha value is -3.33. The highest BCUT2D eigenvalue weighted by Gasteiger charge is 2.08. The molecule has 0 aliphatic heterocycles. The fraction of sp³-hybridized carbons (Fsp3) is 0.167. The molecule has 0 saturated heterocycles. The van der Waals surface area contributed by atoms with E-state index in [1.54, 1.807) is 30.5 Å². The molecule has 0 aliphatic rings. The highest BCUT2D eigenvalue weighted by atomic mass is 16.3. The van der Waals surface area contributed by atoms with Crippen LogP contribution in [0, 0.1) is 18.3 Å². The van der Waals surface area contributed by atoms with E-state index >= 15 is 0 Å². The second-order valence-electron chi connectivity index (χ2n) is 5.17. The Bertz CT molecular complexity index is 759. The van der Waals surface area contributed by atoms with Crippen molar-refractivity contribution in [3.05, 3.63) is 65.6 Å². The third kappa shape index (κ3) is 5.14. The van der Waals surface area contributed by atoms with Crippen molar-refractivity contribution in [1.29, 1.82) is 5.26 Å². The van der Waals surface area contributed by atoms with Crippen molar-refractivity contribution in [3.63, 3.8) is 0 Å². The molecule has 1 aromatic heterocycles. The quantitative estimate of drug-likeness (QED) is 0.560. The van der Waals surface area contributed by atoms with Crippen LogP contribution in [0.15, 0.2) is 54.4 Å². The molecule has 2 rings (SSSR count). The maximum Gasteiger partial charge on any atom is 0.263 e. The molecule has 0 fully saturated rings. The molecule has 1 amide bonds. The Kier molecular flexibility index (Phi) is 5.92. The average Bonchev–Trinajstić information content (AvgIpc) is 2.59. The smallest absolute Gasteiger partial charge is 0.263 e. The van der Waals surface area contributed by atoms with E-state index in [1.807, 2.05) is 25.1 Å². The fourth-order valence-corrected chi connectivity index (χ4v) is 1.94. The van der Waals surface area contributed by atoms with Gasteiger partial charge in [-0.3, -0.25) is 9.78 Å². The van der Waals surface area contributed by atoms with Gasteiger partial charge in [-0.1, -0.05) is 12.1 Å². The number of aryl methyl sites for hydroxylation is 1. The van der Waals surface area contributed by atoms with E-state index in [2.05, 4.69) is 15.6 Å². The number of phenols is 1. The SMILES string of the molecule is Cc1ccc(N/C=C(/C#N)C(=O)NCCc2ccc(O)cc2)cn1. The van der Waals surface area contributed by atoms with Crippen LogP contribution in [0.25, 0.3) is 0 Å². The van der Waals surface area contributed by atoms with Gasteiger partial charge in [-0.2, -0.15) is 5.26 Å². The van der Waals surface area contributed by atoms with Crippen LogP contribution < -0.4 is 10.6 Å². The lowest BCUT2D eigenvalue weighted by atomic mass is 10.1. The van der Waals surface area contributed by atoms with Gasteiger partial charge < -0.3 is 15.7 Å². The van der Waals surface area contributed by atoms with Crippen molar-refractivity contribution < 1.29 is 9.90 Å². The van der Waals surface area contributed by atoms with Crippen LogP contribution in [0.5, 0.6) is 5.75 Å². The summed E-state index contributed by atoms with van der Waals surface area (Å²) in [5.74, 6) is -0.238. The molecule has 3 N–H and O–H groups in total. The lowest BCUT2D eigenvalue weighted by molar-refractivity contribution is -0.117. The molecule has 0 unspecified atom stereocenters. The summed E-state index contributed by atoms with van der Waals surface area (Å²) in [6.45, 7) is 2.27. The monoisotopic (exact) mass is 322 g/mol. The minimum Gasteiger partial charge on any atom is -0.508 e. The zero-order valence-electron chi connectivity index (χ0n) is 13.3. The number of pyridine rings is 1. The predicted octanol–water partition coefficient (Wildman–Crippen LogP) is 2.27. The third-order valence-electron chi connectivity index (χ3n) is 3.30. The molecule has 0 aliphatic carbocycles. The topological polar surface area (TPSA) is 98.0 Å². The summed E-state index contributed by atoms with van der Waals surface area (Å²) in [5, 5.41) is 23.9. The number of rotatable bonds is 6. The number of benzene rings is 1. The number of nitrogens with one attached hydrogen (secondary N) is 2. The predicted molar refractivity (Wildman–Crippen MR) is 91.1 cm³/mol. The van der Waals surface area contributed by atoms with Gasteiger partial charge in [0.05, 0.1) is 11.9 Å². The summed E-state index contributed by atoms with van der Waals surface area (Å²) in [5.41, 5.74) is 2.56. The zero-order chi connectivity index (χ0) is 17.4. The largest absolute Gasteiger partial charge is 0.508 e. The number of hydrogen-bond acceptors (Lipinski definition) is 5. The number of aromatic hydroxyl groups is 1. The highest BCUT2D eigenvalue weighted by Crippen LogP contribution is 2.10. The van der Waals surface area contributed by atoms with Gasteiger partial charge in [-0.05, 0) is 43.2 Å². The maximum absolute atomic E-state index is 12.0. The minimum atomic E-state index is -0.441. The van der Waals surface area contributed by atoms with E-state index in [-0.39, 0.29) is 11.3 Å². The van der Waals surface area contributed by atoms with E-state index in [9.17, 15) is 9.90 Å². The third-order valence-corrected chi connectivity index (χ3v) is 3.30. The second-order valence-corrected chi connectivity index (χ2v) is 5.17. The first-order valence-electron chi connectivity index (χ1n) is 7.44. The molecule has 24 heavy (non-hydrogen) atoms. The molecule has 0 saturated carbocycles. The molecule has 0 spiro atoms. The number of hydrogen-bond donors (Lipinski definition) is 3. The van der Waals surface area contributed by atoms with Gasteiger partial charge in [0.1, 0.15) is 17.4 Å². The van der Waals surface area contributed by atoms with Gasteiger partial charge in [0.25, 0.3) is 5.91 Å². The molecule has 1 aromatic carbocycles. The van der Waals surface area contributed by atoms with Crippen molar-refractivity contribution in [2.24, 2.45) is 0 Å². The lowest BCUT2D eigenvalue weighted by Crippen LogP contribution is -2.27. The normalized spacial score (nSPS) is 10.8. The molecule has 6 heteroatoms. The number of carbonyl (C=O) groups is 1. The Balaban J connectivity index is 1.86. The second kappa shape index (κ2) is 8.34. The van der Waals surface area contributed by atoms with Gasteiger partial charge in [0.2, 0.25) is 0 Å². The van der Waals surface area contributed by atoms with E-state index in [1.165, 1.54) is 6.20 Å². The fourth-order valence-electron chi connectivity index (χ4n) is 1.94. The van der Waals surface area contributed by atoms with Gasteiger partial charge >= 0.3 is 0 Å². The van der Waals surface area contributed by atoms with Gasteiger partial charge in [-0.15, -0.1) is 0 Å². The van der Waals surface area contributed by atoms with Crippen molar-refractivity contribution in [2.45, 2.75) is 13.3 Å². The average molecular weight is 322 g/mol. The molecule has 0 radical (unpaired) electrons. The van der Waals surface area contributed by atoms with Crippen molar-refractivity contribution >= 4 is 11.6 Å². The van der Waals surface area contributed by atoms with E-state index in [0.717, 1.165) is 11.3 Å². The first-order valence-corrected chi connectivity index (χ1v) is 7.44. The summed E-state index contributed by atoms with van der Waals surface area (Å²) in [4.78, 5) is 16.1. The highest BCUT2D eigenvalue weighted by molar-refractivity contribution is 5.97. The molecule has 0 bridgehead atoms. The summed E-state index contributed by atoms with van der Waals surface area (Å²) < 4.78 is 0. The van der Waals surface area contributed by atoms with Gasteiger partial charge in [0.15, 0.2) is 0 Å². The number of amides is 1. The molecular weight excluding hydrogens is 304 g/mol. The van der Waals surface area contributed by atoms with Crippen LogP contribution in [0.1, 0.15) is 11.3 Å². The van der Waals surface area contributed by atoms with E-state index in [4.69, 9.17) is 5.26 Å². The van der Waals surface area contributed by atoms with Crippen LogP contribution in [0.3, 0.4) is 0 Å². The van der Waals surface area contributed by atoms with Crippen LogP contribution >= 0.6 is 0 Å². The molecule has 122 valence electrons. The summed E-state index contributed by atoms with van der Waals surface area (Å²) in [7, 11) is 0. The Morgan fingerprint density at radius 1 is 1.29 bits per heavy atom. The Morgan fingerprint density at radius 3 is 2.67 bits per heavy atom. The van der Waals surface area contributed by atoms with Crippen LogP contribution in [-0.2, 0) is 11.2 Å². The number of nitriles is 1. The first kappa shape index (κ1) is 17.0. The molecule has 2 aromatic rings. The van der Waals surface area contributed by atoms with Crippen LogP contribution in [0.2, 0.25) is 0 Å². The number of phenolic OH excluding ortho intramolecular Hbond substituents is 1.